The Balaban J connectivity index is 1.50. The quantitative estimate of drug-likeness (QED) is 0.163. The number of hydrogen-bond acceptors (Lipinski definition) is 7. The minimum atomic E-state index is -1.13. The van der Waals surface area contributed by atoms with E-state index in [0.717, 1.165) is 10.9 Å². The summed E-state index contributed by atoms with van der Waals surface area (Å²) in [5.41, 5.74) is 0.988. The van der Waals surface area contributed by atoms with Crippen LogP contribution in [-0.4, -0.2) is 60.6 Å². The van der Waals surface area contributed by atoms with Crippen molar-refractivity contribution in [3.05, 3.63) is 63.8 Å². The van der Waals surface area contributed by atoms with Crippen molar-refractivity contribution in [1.82, 2.24) is 15.6 Å². The van der Waals surface area contributed by atoms with Crippen LogP contribution < -0.4 is 15.4 Å². The van der Waals surface area contributed by atoms with Gasteiger partial charge in [0.2, 0.25) is 11.8 Å². The van der Waals surface area contributed by atoms with E-state index in [0.29, 0.717) is 30.8 Å². The maximum absolute atomic E-state index is 13.6. The summed E-state index contributed by atoms with van der Waals surface area (Å²) in [6.07, 6.45) is 0.784. The number of H-pyrrole nitrogens is 1. The first-order chi connectivity index (χ1) is 21.0. The highest BCUT2D eigenvalue weighted by Crippen LogP contribution is 2.28. The van der Waals surface area contributed by atoms with Crippen molar-refractivity contribution < 1.29 is 33.4 Å². The number of amides is 2. The number of aromatic amines is 1. The van der Waals surface area contributed by atoms with E-state index >= 15 is 0 Å². The van der Waals surface area contributed by atoms with Crippen molar-refractivity contribution in [2.75, 3.05) is 20.3 Å². The van der Waals surface area contributed by atoms with Crippen molar-refractivity contribution in [2.24, 2.45) is 17.8 Å². The first kappa shape index (κ1) is 33.0. The summed E-state index contributed by atoms with van der Waals surface area (Å²) in [5.74, 6) is -3.08. The SMILES string of the molecule is COc1cccc2[nH]c(C(=O)C[C@@H](CC(C)C)C(=O)N[C@@H](C[C@@H]3CCNC3=O)C(=O)COC(=O)c3c(Cl)cccc3Cl)cc12. The highest BCUT2D eigenvalue weighted by molar-refractivity contribution is 6.39. The Morgan fingerprint density at radius 3 is 2.41 bits per heavy atom. The number of ketones is 2. The molecule has 0 saturated carbocycles. The molecule has 1 aliphatic heterocycles. The fourth-order valence-corrected chi connectivity index (χ4v) is 5.91. The molecule has 10 nitrogen and oxygen atoms in total. The van der Waals surface area contributed by atoms with Crippen molar-refractivity contribution in [3.63, 3.8) is 0 Å². The Morgan fingerprint density at radius 2 is 1.77 bits per heavy atom. The van der Waals surface area contributed by atoms with E-state index < -0.39 is 42.1 Å². The summed E-state index contributed by atoms with van der Waals surface area (Å²) in [4.78, 5) is 68.5. The molecule has 0 bridgehead atoms. The molecule has 2 aromatic carbocycles. The number of aromatic nitrogens is 1. The van der Waals surface area contributed by atoms with Gasteiger partial charge in [-0.25, -0.2) is 4.79 Å². The molecule has 4 rings (SSSR count). The Labute approximate surface area is 265 Å². The van der Waals surface area contributed by atoms with Gasteiger partial charge in [-0.05, 0) is 55.5 Å². The molecule has 234 valence electrons. The molecule has 44 heavy (non-hydrogen) atoms. The first-order valence-electron chi connectivity index (χ1n) is 14.4. The maximum atomic E-state index is 13.6. The molecular weight excluding hydrogens is 609 g/mol. The number of benzene rings is 2. The second kappa shape index (κ2) is 14.7. The summed E-state index contributed by atoms with van der Waals surface area (Å²) >= 11 is 12.2. The first-order valence-corrected chi connectivity index (χ1v) is 15.1. The Bertz CT molecular complexity index is 1550. The molecule has 3 N–H and O–H groups in total. The van der Waals surface area contributed by atoms with E-state index in [1.807, 2.05) is 26.0 Å². The van der Waals surface area contributed by atoms with Crippen LogP contribution in [0.15, 0.2) is 42.5 Å². The predicted molar refractivity (Wildman–Crippen MR) is 166 cm³/mol. The molecule has 3 atom stereocenters. The zero-order valence-electron chi connectivity index (χ0n) is 24.7. The smallest absolute Gasteiger partial charge is 0.341 e. The molecule has 0 spiro atoms. The van der Waals surface area contributed by atoms with Crippen LogP contribution in [0.1, 0.15) is 60.4 Å². The molecule has 1 fully saturated rings. The molecule has 12 heteroatoms. The highest BCUT2D eigenvalue weighted by Gasteiger charge is 2.34. The van der Waals surface area contributed by atoms with Crippen LogP contribution in [0.2, 0.25) is 10.0 Å². The average molecular weight is 645 g/mol. The normalized spacial score (nSPS) is 16.0. The van der Waals surface area contributed by atoms with Gasteiger partial charge in [-0.2, -0.15) is 0 Å². The minimum absolute atomic E-state index is 0.0188. The van der Waals surface area contributed by atoms with Crippen molar-refractivity contribution >= 4 is 63.5 Å². The summed E-state index contributed by atoms with van der Waals surface area (Å²) in [6.45, 7) is 3.65. The Morgan fingerprint density at radius 1 is 1.07 bits per heavy atom. The Kier molecular flexibility index (Phi) is 11.0. The molecule has 1 saturated heterocycles. The van der Waals surface area contributed by atoms with Crippen LogP contribution in [0.4, 0.5) is 0 Å². The van der Waals surface area contributed by atoms with Gasteiger partial charge >= 0.3 is 5.97 Å². The molecule has 2 amide bonds. The van der Waals surface area contributed by atoms with Gasteiger partial charge in [0.1, 0.15) is 5.75 Å². The highest BCUT2D eigenvalue weighted by atomic mass is 35.5. The number of hydrogen-bond donors (Lipinski definition) is 3. The largest absolute Gasteiger partial charge is 0.496 e. The van der Waals surface area contributed by atoms with E-state index in [-0.39, 0.29) is 46.1 Å². The van der Waals surface area contributed by atoms with Gasteiger partial charge in [0, 0.05) is 35.7 Å². The Hall–Kier alpha value is -3.89. The minimum Gasteiger partial charge on any atom is -0.496 e. The summed E-state index contributed by atoms with van der Waals surface area (Å²) < 4.78 is 10.6. The van der Waals surface area contributed by atoms with Gasteiger partial charge in [0.25, 0.3) is 0 Å². The second-order valence-electron chi connectivity index (χ2n) is 11.3. The van der Waals surface area contributed by atoms with Crippen LogP contribution in [0, 0.1) is 17.8 Å². The zero-order valence-corrected chi connectivity index (χ0v) is 26.2. The number of esters is 1. The third-order valence-corrected chi connectivity index (χ3v) is 8.23. The number of ether oxygens (including phenoxy) is 2. The van der Waals surface area contributed by atoms with Crippen LogP contribution in [0.25, 0.3) is 10.9 Å². The van der Waals surface area contributed by atoms with E-state index in [4.69, 9.17) is 32.7 Å². The van der Waals surface area contributed by atoms with E-state index in [2.05, 4.69) is 15.6 Å². The number of halogens is 2. The third kappa shape index (κ3) is 7.98. The molecule has 0 radical (unpaired) electrons. The third-order valence-electron chi connectivity index (χ3n) is 7.60. The lowest BCUT2D eigenvalue weighted by Gasteiger charge is -2.24. The molecule has 1 aliphatic rings. The lowest BCUT2D eigenvalue weighted by atomic mass is 9.89. The number of nitrogens with one attached hydrogen (secondary N) is 3. The maximum Gasteiger partial charge on any atom is 0.341 e. The number of rotatable bonds is 14. The number of Topliss-reactive ketones (excluding diaryl/α,β-unsaturated/α-hetero) is 2. The fraction of sp³-hybridized carbons (Fsp3) is 0.406. The lowest BCUT2D eigenvalue weighted by Crippen LogP contribution is -2.47. The van der Waals surface area contributed by atoms with Crippen molar-refractivity contribution in [2.45, 2.75) is 45.6 Å². The second-order valence-corrected chi connectivity index (χ2v) is 12.1. The number of methoxy groups -OCH3 is 1. The zero-order chi connectivity index (χ0) is 32.0. The van der Waals surface area contributed by atoms with Crippen LogP contribution in [0.5, 0.6) is 5.75 Å². The molecule has 2 heterocycles. The molecule has 3 aromatic rings. The topological polar surface area (TPSA) is 144 Å². The predicted octanol–water partition coefficient (Wildman–Crippen LogP) is 5.16. The average Bonchev–Trinajstić information content (AvgIpc) is 3.60. The van der Waals surface area contributed by atoms with Gasteiger partial charge in [-0.3, -0.25) is 19.2 Å². The van der Waals surface area contributed by atoms with Crippen molar-refractivity contribution in [3.8, 4) is 5.75 Å². The van der Waals surface area contributed by atoms with Crippen LogP contribution in [0.3, 0.4) is 0 Å². The number of fused-ring (bicyclic) bond motifs is 1. The van der Waals surface area contributed by atoms with Crippen LogP contribution in [-0.2, 0) is 19.1 Å². The molecule has 0 unspecified atom stereocenters. The van der Waals surface area contributed by atoms with Gasteiger partial charge in [-0.1, -0.05) is 49.2 Å². The number of carbonyl (C=O) groups is 5. The van der Waals surface area contributed by atoms with Crippen LogP contribution >= 0.6 is 23.2 Å². The van der Waals surface area contributed by atoms with Gasteiger partial charge in [0.05, 0.1) is 34.5 Å². The molecule has 0 aliphatic carbocycles. The summed E-state index contributed by atoms with van der Waals surface area (Å²) in [5, 5.41) is 6.37. The molecule has 1 aromatic heterocycles. The summed E-state index contributed by atoms with van der Waals surface area (Å²) in [6, 6.07) is 10.5. The molecular formula is C32H35Cl2N3O7. The van der Waals surface area contributed by atoms with E-state index in [1.165, 1.54) is 12.1 Å². The van der Waals surface area contributed by atoms with E-state index in [1.54, 1.807) is 25.3 Å². The van der Waals surface area contributed by atoms with E-state index in [9.17, 15) is 24.0 Å². The van der Waals surface area contributed by atoms with Crippen molar-refractivity contribution in [1.29, 1.82) is 0 Å². The lowest BCUT2D eigenvalue weighted by molar-refractivity contribution is -0.133. The van der Waals surface area contributed by atoms with Gasteiger partial charge < -0.3 is 25.1 Å². The number of carbonyl (C=O) groups excluding carboxylic acids is 5. The standard InChI is InChI=1S/C32H35Cl2N3O7/c1-17(2)12-19(14-26(38)25-15-20-23(36-25)8-5-9-28(20)43-3)31(41)37-24(13-18-10-11-35-30(18)40)27(39)16-44-32(42)29-21(33)6-4-7-22(29)34/h4-9,15,17-19,24,36H,10-14,16H2,1-3H3,(H,35,40)(H,37,41)/t18-,19+,24-/m0/s1. The monoisotopic (exact) mass is 643 g/mol. The van der Waals surface area contributed by atoms with Gasteiger partial charge in [0.15, 0.2) is 18.2 Å². The summed E-state index contributed by atoms with van der Waals surface area (Å²) in [7, 11) is 1.55. The fourth-order valence-electron chi connectivity index (χ4n) is 5.36. The van der Waals surface area contributed by atoms with Gasteiger partial charge in [-0.15, -0.1) is 0 Å².